The van der Waals surface area contributed by atoms with Crippen LogP contribution in [0.2, 0.25) is 0 Å². The van der Waals surface area contributed by atoms with Crippen molar-refractivity contribution in [3.05, 3.63) is 0 Å². The molecular formula is C18H30O8. The summed E-state index contributed by atoms with van der Waals surface area (Å²) in [5.74, 6) is -1.69. The third kappa shape index (κ3) is 2.93. The van der Waals surface area contributed by atoms with Crippen LogP contribution in [-0.4, -0.2) is 67.2 Å². The molecule has 2 aliphatic carbocycles. The van der Waals surface area contributed by atoms with Gasteiger partial charge < -0.3 is 28.4 Å². The van der Waals surface area contributed by atoms with Crippen LogP contribution in [0.1, 0.15) is 25.7 Å². The maximum absolute atomic E-state index is 12.8. The Labute approximate surface area is 154 Å². The summed E-state index contributed by atoms with van der Waals surface area (Å²) < 4.78 is 32.3. The molecular weight excluding hydrogens is 344 g/mol. The number of hydrogen-bond donors (Lipinski definition) is 0. The average molecular weight is 374 g/mol. The van der Waals surface area contributed by atoms with E-state index in [4.69, 9.17) is 28.4 Å². The summed E-state index contributed by atoms with van der Waals surface area (Å²) in [5.41, 5.74) is -1.81. The van der Waals surface area contributed by atoms with Gasteiger partial charge in [-0.3, -0.25) is 9.59 Å². The molecule has 0 radical (unpaired) electrons. The fourth-order valence-corrected chi connectivity index (χ4v) is 5.27. The Morgan fingerprint density at radius 2 is 1.38 bits per heavy atom. The minimum absolute atomic E-state index is 0.187. The van der Waals surface area contributed by atoms with E-state index in [1.165, 1.54) is 28.4 Å². The molecule has 0 N–H and O–H groups in total. The first kappa shape index (κ1) is 21.1. The lowest BCUT2D eigenvalue weighted by Crippen LogP contribution is -2.58. The van der Waals surface area contributed by atoms with Crippen molar-refractivity contribution in [3.63, 3.8) is 0 Å². The zero-order chi connectivity index (χ0) is 19.5. The van der Waals surface area contributed by atoms with Gasteiger partial charge in [0.1, 0.15) is 0 Å². The molecule has 0 spiro atoms. The summed E-state index contributed by atoms with van der Waals surface area (Å²) in [4.78, 5) is 25.5. The number of hydrogen-bond acceptors (Lipinski definition) is 8. The first-order valence-electron chi connectivity index (χ1n) is 8.69. The van der Waals surface area contributed by atoms with Gasteiger partial charge in [-0.15, -0.1) is 0 Å². The molecule has 8 heteroatoms. The molecule has 2 bridgehead atoms. The second kappa shape index (κ2) is 8.21. The molecule has 0 heterocycles. The van der Waals surface area contributed by atoms with Crippen LogP contribution in [0.5, 0.6) is 0 Å². The monoisotopic (exact) mass is 374 g/mol. The van der Waals surface area contributed by atoms with Gasteiger partial charge in [-0.1, -0.05) is 0 Å². The molecule has 0 amide bonds. The van der Waals surface area contributed by atoms with Crippen molar-refractivity contribution in [3.8, 4) is 0 Å². The standard InChI is InChI=1S/C18H30O8/c1-21-13(22-2)12-10-18(14(19)23-3,15(20)24-4)11-7-8-17(12,9-11)16(25-5)26-6/h11-13,16H,7-10H2,1-6H3/t11-,12+,17-/m1/s1. The van der Waals surface area contributed by atoms with E-state index >= 15 is 0 Å². The summed E-state index contributed by atoms with van der Waals surface area (Å²) in [6, 6.07) is 0. The summed E-state index contributed by atoms with van der Waals surface area (Å²) in [7, 11) is 8.83. The fourth-order valence-electron chi connectivity index (χ4n) is 5.27. The van der Waals surface area contributed by atoms with Crippen molar-refractivity contribution in [1.82, 2.24) is 0 Å². The van der Waals surface area contributed by atoms with E-state index in [0.29, 0.717) is 19.3 Å². The lowest BCUT2D eigenvalue weighted by atomic mass is 9.56. The Hall–Kier alpha value is -1.22. The SMILES string of the molecule is COC(=O)C1(C(=O)OC)C[C@@H](C(OC)OC)[C@@]2(C(OC)OC)CC[C@@H]1C2. The van der Waals surface area contributed by atoms with Gasteiger partial charge in [-0.25, -0.2) is 0 Å². The molecule has 0 aromatic carbocycles. The molecule has 0 unspecified atom stereocenters. The van der Waals surface area contributed by atoms with Crippen molar-refractivity contribution in [2.45, 2.75) is 38.3 Å². The van der Waals surface area contributed by atoms with Crippen LogP contribution in [0, 0.1) is 22.7 Å². The Kier molecular flexibility index (Phi) is 6.65. The molecule has 0 aromatic heterocycles. The lowest BCUT2D eigenvalue weighted by molar-refractivity contribution is -0.259. The van der Waals surface area contributed by atoms with Gasteiger partial charge >= 0.3 is 11.9 Å². The van der Waals surface area contributed by atoms with Gasteiger partial charge in [0.2, 0.25) is 0 Å². The van der Waals surface area contributed by atoms with E-state index in [9.17, 15) is 9.59 Å². The number of rotatable bonds is 8. The Bertz CT molecular complexity index is 497. The predicted molar refractivity (Wildman–Crippen MR) is 90.0 cm³/mol. The highest BCUT2D eigenvalue weighted by Gasteiger charge is 2.69. The first-order valence-corrected chi connectivity index (χ1v) is 8.69. The topological polar surface area (TPSA) is 89.5 Å². The second-order valence-corrected chi connectivity index (χ2v) is 7.08. The average Bonchev–Trinajstić information content (AvgIpc) is 3.06. The van der Waals surface area contributed by atoms with Crippen LogP contribution in [0.4, 0.5) is 0 Å². The Balaban J connectivity index is 2.58. The molecule has 2 saturated carbocycles. The molecule has 26 heavy (non-hydrogen) atoms. The maximum atomic E-state index is 12.8. The van der Waals surface area contributed by atoms with Crippen LogP contribution < -0.4 is 0 Å². The summed E-state index contributed by atoms with van der Waals surface area (Å²) >= 11 is 0. The van der Waals surface area contributed by atoms with Crippen molar-refractivity contribution < 1.29 is 38.0 Å². The van der Waals surface area contributed by atoms with E-state index in [1.807, 2.05) is 0 Å². The van der Waals surface area contributed by atoms with Crippen molar-refractivity contribution in [2.24, 2.45) is 22.7 Å². The van der Waals surface area contributed by atoms with Gasteiger partial charge in [-0.05, 0) is 31.6 Å². The second-order valence-electron chi connectivity index (χ2n) is 7.08. The zero-order valence-electron chi connectivity index (χ0n) is 16.4. The summed E-state index contributed by atoms with van der Waals surface area (Å²) in [6.07, 6.45) is 0.982. The van der Waals surface area contributed by atoms with Crippen LogP contribution in [-0.2, 0) is 38.0 Å². The molecule has 0 aromatic rings. The van der Waals surface area contributed by atoms with Crippen molar-refractivity contribution in [2.75, 3.05) is 42.7 Å². The highest BCUT2D eigenvalue weighted by molar-refractivity contribution is 6.00. The highest BCUT2D eigenvalue weighted by Crippen LogP contribution is 2.64. The molecule has 2 fully saturated rings. The predicted octanol–water partition coefficient (Wildman–Crippen LogP) is 1.36. The minimum atomic E-state index is -1.38. The number of esters is 2. The van der Waals surface area contributed by atoms with E-state index in [-0.39, 0.29) is 18.3 Å². The molecule has 150 valence electrons. The van der Waals surface area contributed by atoms with E-state index < -0.39 is 35.3 Å². The normalized spacial score (nSPS) is 29.8. The van der Waals surface area contributed by atoms with E-state index in [0.717, 1.165) is 0 Å². The van der Waals surface area contributed by atoms with Crippen LogP contribution in [0.3, 0.4) is 0 Å². The quantitative estimate of drug-likeness (QED) is 0.357. The van der Waals surface area contributed by atoms with Gasteiger partial charge in [-0.2, -0.15) is 0 Å². The third-order valence-electron chi connectivity index (χ3n) is 6.35. The first-order chi connectivity index (χ1) is 12.4. The zero-order valence-corrected chi connectivity index (χ0v) is 16.4. The lowest BCUT2D eigenvalue weighted by Gasteiger charge is -2.51. The maximum Gasteiger partial charge on any atom is 0.323 e. The number of methoxy groups -OCH3 is 6. The summed E-state index contributed by atoms with van der Waals surface area (Å²) in [5, 5.41) is 0. The van der Waals surface area contributed by atoms with Crippen molar-refractivity contribution >= 4 is 11.9 Å². The third-order valence-corrected chi connectivity index (χ3v) is 6.35. The summed E-state index contributed by atoms with van der Waals surface area (Å²) in [6.45, 7) is 0. The molecule has 0 aliphatic heterocycles. The Morgan fingerprint density at radius 3 is 1.81 bits per heavy atom. The number of ether oxygens (including phenoxy) is 6. The smallest absolute Gasteiger partial charge is 0.323 e. The molecule has 2 rings (SSSR count). The molecule has 8 nitrogen and oxygen atoms in total. The van der Waals surface area contributed by atoms with Gasteiger partial charge in [0.25, 0.3) is 0 Å². The van der Waals surface area contributed by atoms with Gasteiger partial charge in [0.15, 0.2) is 18.0 Å². The van der Waals surface area contributed by atoms with Gasteiger partial charge in [0, 0.05) is 39.8 Å². The van der Waals surface area contributed by atoms with E-state index in [1.54, 1.807) is 14.2 Å². The number of carbonyl (C=O) groups excluding carboxylic acids is 2. The largest absolute Gasteiger partial charge is 0.468 e. The van der Waals surface area contributed by atoms with Crippen molar-refractivity contribution in [1.29, 1.82) is 0 Å². The Morgan fingerprint density at radius 1 is 0.846 bits per heavy atom. The minimum Gasteiger partial charge on any atom is -0.468 e. The molecule has 3 atom stereocenters. The highest BCUT2D eigenvalue weighted by atomic mass is 16.7. The number of carbonyl (C=O) groups is 2. The van der Waals surface area contributed by atoms with Crippen LogP contribution >= 0.6 is 0 Å². The fraction of sp³-hybridized carbons (Fsp3) is 0.889. The van der Waals surface area contributed by atoms with Crippen LogP contribution in [0.25, 0.3) is 0 Å². The molecule has 0 saturated heterocycles. The van der Waals surface area contributed by atoms with Gasteiger partial charge in [0.05, 0.1) is 14.2 Å². The van der Waals surface area contributed by atoms with E-state index in [2.05, 4.69) is 0 Å². The van der Waals surface area contributed by atoms with Crippen LogP contribution in [0.15, 0.2) is 0 Å². The molecule has 2 aliphatic rings. The number of fused-ring (bicyclic) bond motifs is 2.